The van der Waals surface area contributed by atoms with Gasteiger partial charge in [0.25, 0.3) is 0 Å². The average Bonchev–Trinajstić information content (AvgIpc) is 2.48. The number of aliphatic hydroxyl groups excluding tert-OH is 1. The lowest BCUT2D eigenvalue weighted by atomic mass is 10.2. The van der Waals surface area contributed by atoms with Crippen LogP contribution >= 0.6 is 0 Å². The van der Waals surface area contributed by atoms with Gasteiger partial charge in [0.15, 0.2) is 0 Å². The average molecular weight is 252 g/mol. The molecule has 0 fully saturated rings. The largest absolute Gasteiger partial charge is 0.437 e. The molecule has 0 aliphatic carbocycles. The summed E-state index contributed by atoms with van der Waals surface area (Å²) in [6.45, 7) is -0.0750. The number of aliphatic hydroxyl groups is 1. The summed E-state index contributed by atoms with van der Waals surface area (Å²) in [5.41, 5.74) is 0.720. The number of hydrogen-bond donors (Lipinski definition) is 1. The van der Waals surface area contributed by atoms with Crippen LogP contribution in [-0.2, 0) is 6.61 Å². The van der Waals surface area contributed by atoms with E-state index in [1.807, 2.05) is 42.5 Å². The number of fused-ring (bicyclic) bond motifs is 1. The maximum Gasteiger partial charge on any atom is 0.246 e. The summed E-state index contributed by atoms with van der Waals surface area (Å²) in [7, 11) is 0. The van der Waals surface area contributed by atoms with Crippen molar-refractivity contribution in [1.29, 1.82) is 0 Å². The van der Waals surface area contributed by atoms with Crippen molar-refractivity contribution in [3.05, 3.63) is 60.3 Å². The lowest BCUT2D eigenvalue weighted by molar-refractivity contribution is 0.276. The van der Waals surface area contributed by atoms with E-state index in [1.165, 1.54) is 0 Å². The van der Waals surface area contributed by atoms with Gasteiger partial charge in [-0.05, 0) is 12.1 Å². The molecule has 4 heteroatoms. The van der Waals surface area contributed by atoms with E-state index in [-0.39, 0.29) is 6.61 Å². The van der Waals surface area contributed by atoms with Gasteiger partial charge >= 0.3 is 0 Å². The minimum absolute atomic E-state index is 0.0750. The molecule has 0 amide bonds. The molecule has 0 saturated heterocycles. The van der Waals surface area contributed by atoms with Crippen LogP contribution in [0.25, 0.3) is 10.8 Å². The van der Waals surface area contributed by atoms with Crippen LogP contribution in [0.4, 0.5) is 0 Å². The first-order valence-electron chi connectivity index (χ1n) is 5.95. The fourth-order valence-electron chi connectivity index (χ4n) is 1.92. The van der Waals surface area contributed by atoms with E-state index in [4.69, 9.17) is 4.74 Å². The lowest BCUT2D eigenvalue weighted by Crippen LogP contribution is -1.95. The van der Waals surface area contributed by atoms with Crippen LogP contribution < -0.4 is 4.74 Å². The second kappa shape index (κ2) is 5.04. The van der Waals surface area contributed by atoms with E-state index < -0.39 is 0 Å². The zero-order valence-corrected chi connectivity index (χ0v) is 10.2. The Morgan fingerprint density at radius 1 is 1.00 bits per heavy atom. The van der Waals surface area contributed by atoms with Gasteiger partial charge in [-0.3, -0.25) is 0 Å². The summed E-state index contributed by atoms with van der Waals surface area (Å²) < 4.78 is 5.78. The van der Waals surface area contributed by atoms with Gasteiger partial charge in [-0.1, -0.05) is 36.4 Å². The Kier molecular flexibility index (Phi) is 3.08. The highest BCUT2D eigenvalue weighted by molar-refractivity contribution is 5.86. The molecular weight excluding hydrogens is 240 g/mol. The Hall–Kier alpha value is -2.46. The Labute approximate surface area is 110 Å². The highest BCUT2D eigenvalue weighted by Crippen LogP contribution is 2.28. The van der Waals surface area contributed by atoms with Crippen molar-refractivity contribution in [2.45, 2.75) is 6.61 Å². The normalized spacial score (nSPS) is 10.6. The first-order chi connectivity index (χ1) is 9.38. The molecule has 2 aromatic carbocycles. The summed E-state index contributed by atoms with van der Waals surface area (Å²) in [5.74, 6) is 1.04. The molecule has 4 nitrogen and oxygen atoms in total. The maximum absolute atomic E-state index is 9.29. The van der Waals surface area contributed by atoms with E-state index in [0.29, 0.717) is 11.6 Å². The second-order valence-corrected chi connectivity index (χ2v) is 4.10. The molecular formula is C15H12N2O2. The molecule has 0 atom stereocenters. The molecule has 0 unspecified atom stereocenters. The number of benzene rings is 2. The Balaban J connectivity index is 2.06. The van der Waals surface area contributed by atoms with E-state index >= 15 is 0 Å². The molecule has 0 bridgehead atoms. The molecule has 3 rings (SSSR count). The minimum Gasteiger partial charge on any atom is -0.437 e. The molecule has 19 heavy (non-hydrogen) atoms. The molecule has 0 aliphatic rings. The summed E-state index contributed by atoms with van der Waals surface area (Å²) in [6, 6.07) is 15.1. The maximum atomic E-state index is 9.29. The fourth-order valence-corrected chi connectivity index (χ4v) is 1.92. The lowest BCUT2D eigenvalue weighted by Gasteiger charge is -2.09. The van der Waals surface area contributed by atoms with Crippen LogP contribution in [0.1, 0.15) is 5.56 Å². The van der Waals surface area contributed by atoms with Crippen molar-refractivity contribution in [2.75, 3.05) is 0 Å². The van der Waals surface area contributed by atoms with Crippen molar-refractivity contribution >= 4 is 10.8 Å². The number of ether oxygens (including phenoxy) is 1. The van der Waals surface area contributed by atoms with Crippen molar-refractivity contribution in [1.82, 2.24) is 10.2 Å². The summed E-state index contributed by atoms with van der Waals surface area (Å²) in [4.78, 5) is 0. The van der Waals surface area contributed by atoms with Gasteiger partial charge in [0.2, 0.25) is 5.88 Å². The minimum atomic E-state index is -0.0750. The zero-order valence-electron chi connectivity index (χ0n) is 10.2. The molecule has 0 spiro atoms. The van der Waals surface area contributed by atoms with Crippen LogP contribution in [0, 0.1) is 0 Å². The predicted octanol–water partition coefficient (Wildman–Crippen LogP) is 2.91. The molecule has 1 N–H and O–H groups in total. The number of rotatable bonds is 3. The Bertz CT molecular complexity index is 708. The van der Waals surface area contributed by atoms with E-state index in [2.05, 4.69) is 10.2 Å². The SMILES string of the molecule is OCc1ccccc1Oc1nncc2ccccc12. The quantitative estimate of drug-likeness (QED) is 0.778. The topological polar surface area (TPSA) is 55.2 Å². The summed E-state index contributed by atoms with van der Waals surface area (Å²) in [5, 5.41) is 19.1. The Morgan fingerprint density at radius 2 is 1.79 bits per heavy atom. The summed E-state index contributed by atoms with van der Waals surface area (Å²) >= 11 is 0. The van der Waals surface area contributed by atoms with Gasteiger partial charge < -0.3 is 9.84 Å². The number of aromatic nitrogens is 2. The van der Waals surface area contributed by atoms with Crippen LogP contribution in [0.3, 0.4) is 0 Å². The highest BCUT2D eigenvalue weighted by Gasteiger charge is 2.08. The third-order valence-corrected chi connectivity index (χ3v) is 2.89. The van der Waals surface area contributed by atoms with Crippen LogP contribution in [0.5, 0.6) is 11.6 Å². The monoisotopic (exact) mass is 252 g/mol. The Morgan fingerprint density at radius 3 is 2.68 bits per heavy atom. The van der Waals surface area contributed by atoms with Gasteiger partial charge in [-0.2, -0.15) is 5.10 Å². The van der Waals surface area contributed by atoms with Crippen LogP contribution in [-0.4, -0.2) is 15.3 Å². The van der Waals surface area contributed by atoms with E-state index in [1.54, 1.807) is 12.3 Å². The van der Waals surface area contributed by atoms with Gasteiger partial charge in [0.05, 0.1) is 12.8 Å². The van der Waals surface area contributed by atoms with Gasteiger partial charge in [0, 0.05) is 16.3 Å². The summed E-state index contributed by atoms with van der Waals surface area (Å²) in [6.07, 6.45) is 1.69. The third-order valence-electron chi connectivity index (χ3n) is 2.89. The number of hydrogen-bond acceptors (Lipinski definition) is 4. The van der Waals surface area contributed by atoms with E-state index in [0.717, 1.165) is 16.3 Å². The van der Waals surface area contributed by atoms with Crippen LogP contribution in [0.2, 0.25) is 0 Å². The predicted molar refractivity (Wildman–Crippen MR) is 72.0 cm³/mol. The standard InChI is InChI=1S/C15H12N2O2/c18-10-12-6-2-4-8-14(12)19-15-13-7-3-1-5-11(13)9-16-17-15/h1-9,18H,10H2. The zero-order chi connectivity index (χ0) is 13.1. The number of para-hydroxylation sites is 1. The van der Waals surface area contributed by atoms with Crippen molar-refractivity contribution < 1.29 is 9.84 Å². The second-order valence-electron chi connectivity index (χ2n) is 4.10. The first-order valence-corrected chi connectivity index (χ1v) is 5.95. The van der Waals surface area contributed by atoms with Crippen molar-refractivity contribution in [2.24, 2.45) is 0 Å². The van der Waals surface area contributed by atoms with Crippen molar-refractivity contribution in [3.8, 4) is 11.6 Å². The third kappa shape index (κ3) is 2.26. The molecule has 0 saturated carbocycles. The highest BCUT2D eigenvalue weighted by atomic mass is 16.5. The molecule has 1 heterocycles. The molecule has 94 valence electrons. The van der Waals surface area contributed by atoms with E-state index in [9.17, 15) is 5.11 Å². The number of nitrogens with zero attached hydrogens (tertiary/aromatic N) is 2. The first kappa shape index (κ1) is 11.6. The van der Waals surface area contributed by atoms with Crippen LogP contribution in [0.15, 0.2) is 54.7 Å². The smallest absolute Gasteiger partial charge is 0.246 e. The molecule has 1 aromatic heterocycles. The van der Waals surface area contributed by atoms with Gasteiger partial charge in [-0.15, -0.1) is 5.10 Å². The molecule has 0 aliphatic heterocycles. The van der Waals surface area contributed by atoms with Gasteiger partial charge in [-0.25, -0.2) is 0 Å². The van der Waals surface area contributed by atoms with Crippen molar-refractivity contribution in [3.63, 3.8) is 0 Å². The molecule has 0 radical (unpaired) electrons. The van der Waals surface area contributed by atoms with Gasteiger partial charge in [0.1, 0.15) is 5.75 Å². The molecule has 3 aromatic rings. The fraction of sp³-hybridized carbons (Fsp3) is 0.0667.